The Kier molecular flexibility index (Phi) is 4.50. The van der Waals surface area contributed by atoms with Gasteiger partial charge in [0.2, 0.25) is 11.8 Å². The van der Waals surface area contributed by atoms with E-state index in [4.69, 9.17) is 11.6 Å². The van der Waals surface area contributed by atoms with Gasteiger partial charge in [-0.2, -0.15) is 0 Å². The summed E-state index contributed by atoms with van der Waals surface area (Å²) in [6.07, 6.45) is 6.77. The lowest BCUT2D eigenvalue weighted by Gasteiger charge is -2.38. The van der Waals surface area contributed by atoms with Crippen molar-refractivity contribution in [3.63, 3.8) is 0 Å². The molecule has 2 fully saturated rings. The number of hydrogen-bond acceptors (Lipinski definition) is 2. The summed E-state index contributed by atoms with van der Waals surface area (Å²) >= 11 is 5.56. The maximum atomic E-state index is 12.8. The first kappa shape index (κ1) is 14.4. The van der Waals surface area contributed by atoms with Crippen LogP contribution in [0.5, 0.6) is 0 Å². The fraction of sp³-hybridized carbons (Fsp3) is 0.714. The van der Waals surface area contributed by atoms with Crippen molar-refractivity contribution < 1.29 is 9.59 Å². The summed E-state index contributed by atoms with van der Waals surface area (Å²) in [5.41, 5.74) is 0.758. The molecule has 0 radical (unpaired) electrons. The normalized spacial score (nSPS) is 27.7. The molecule has 1 atom stereocenters. The number of amides is 2. The van der Waals surface area contributed by atoms with Gasteiger partial charge in [0.25, 0.3) is 0 Å². The zero-order valence-electron chi connectivity index (χ0n) is 11.3. The lowest BCUT2D eigenvalue weighted by Crippen LogP contribution is -2.58. The molecule has 1 unspecified atom stereocenters. The van der Waals surface area contributed by atoms with Crippen molar-refractivity contribution in [2.45, 2.75) is 57.0 Å². The molecule has 0 aromatic heterocycles. The van der Waals surface area contributed by atoms with E-state index < -0.39 is 5.54 Å². The van der Waals surface area contributed by atoms with Crippen LogP contribution in [-0.2, 0) is 9.59 Å². The van der Waals surface area contributed by atoms with E-state index in [1.54, 1.807) is 11.0 Å². The van der Waals surface area contributed by atoms with Gasteiger partial charge in [0.05, 0.1) is 0 Å². The maximum Gasteiger partial charge on any atom is 0.248 e. The van der Waals surface area contributed by atoms with Crippen molar-refractivity contribution >= 4 is 23.4 Å². The second-order valence-electron chi connectivity index (χ2n) is 5.56. The Labute approximate surface area is 119 Å². The average molecular weight is 285 g/mol. The van der Waals surface area contributed by atoms with Crippen molar-refractivity contribution in [2.24, 2.45) is 0 Å². The molecule has 1 aliphatic heterocycles. The van der Waals surface area contributed by atoms with Crippen molar-refractivity contribution in [1.29, 1.82) is 0 Å². The molecule has 2 aliphatic rings. The van der Waals surface area contributed by atoms with E-state index in [-0.39, 0.29) is 17.9 Å². The third-order valence-electron chi connectivity index (χ3n) is 4.16. The third-order valence-corrected chi connectivity index (χ3v) is 4.34. The van der Waals surface area contributed by atoms with Crippen LogP contribution >= 0.6 is 11.6 Å². The largest absolute Gasteiger partial charge is 0.342 e. The van der Waals surface area contributed by atoms with Crippen molar-refractivity contribution in [3.8, 4) is 0 Å². The third kappa shape index (κ3) is 2.94. The fourth-order valence-corrected chi connectivity index (χ4v) is 3.22. The van der Waals surface area contributed by atoms with Crippen LogP contribution in [0.15, 0.2) is 11.6 Å². The minimum absolute atomic E-state index is 0.0138. The summed E-state index contributed by atoms with van der Waals surface area (Å²) in [6.45, 7) is 2.39. The summed E-state index contributed by atoms with van der Waals surface area (Å²) in [4.78, 5) is 26.6. The van der Waals surface area contributed by atoms with Gasteiger partial charge in [-0.3, -0.25) is 9.59 Å². The molecule has 2 amide bonds. The molecule has 0 aromatic carbocycles. The van der Waals surface area contributed by atoms with Crippen LogP contribution < -0.4 is 5.32 Å². The molecule has 2 rings (SSSR count). The molecule has 1 heterocycles. The molecule has 1 spiro atoms. The van der Waals surface area contributed by atoms with Crippen LogP contribution in [0.4, 0.5) is 0 Å². The van der Waals surface area contributed by atoms with Gasteiger partial charge in [-0.15, -0.1) is 0 Å². The van der Waals surface area contributed by atoms with Gasteiger partial charge >= 0.3 is 0 Å². The quantitative estimate of drug-likeness (QED) is 0.845. The van der Waals surface area contributed by atoms with Gasteiger partial charge in [0, 0.05) is 24.5 Å². The Morgan fingerprint density at radius 2 is 2.05 bits per heavy atom. The molecule has 1 saturated heterocycles. The number of halogens is 1. The molecular formula is C14H21ClN2O2. The highest BCUT2D eigenvalue weighted by Crippen LogP contribution is 2.32. The topological polar surface area (TPSA) is 49.4 Å². The number of carbonyl (C=O) groups excluding carboxylic acids is 2. The Bertz CT molecular complexity index is 389. The summed E-state index contributed by atoms with van der Waals surface area (Å²) in [6, 6.07) is -0.0818. The molecule has 1 aliphatic carbocycles. The standard InChI is InChI=1S/C14H21ClN2O2/c1-11-10-12(18)16-14(6-3-2-4-7-14)13(19)17(11)9-5-8-15/h5,8,11H,2-4,6-7,9-10H2,1H3,(H,16,18)/b8-5+. The van der Waals surface area contributed by atoms with Gasteiger partial charge in [-0.25, -0.2) is 0 Å². The zero-order valence-corrected chi connectivity index (χ0v) is 12.1. The SMILES string of the molecule is CC1CC(=O)NC2(CCCCC2)C(=O)N1C/C=C/Cl. The second-order valence-corrected chi connectivity index (χ2v) is 5.82. The highest BCUT2D eigenvalue weighted by Gasteiger charge is 2.46. The van der Waals surface area contributed by atoms with Crippen molar-refractivity contribution in [3.05, 3.63) is 11.6 Å². The Balaban J connectivity index is 2.27. The van der Waals surface area contributed by atoms with Crippen LogP contribution in [0.1, 0.15) is 45.4 Å². The van der Waals surface area contributed by atoms with E-state index in [9.17, 15) is 9.59 Å². The van der Waals surface area contributed by atoms with Crippen molar-refractivity contribution in [2.75, 3.05) is 6.54 Å². The molecule has 1 saturated carbocycles. The molecule has 106 valence electrons. The fourth-order valence-electron chi connectivity index (χ4n) is 3.14. The lowest BCUT2D eigenvalue weighted by atomic mass is 9.80. The first-order valence-corrected chi connectivity index (χ1v) is 7.40. The summed E-state index contributed by atoms with van der Waals surface area (Å²) in [5.74, 6) is 0.0421. The van der Waals surface area contributed by atoms with E-state index in [0.29, 0.717) is 13.0 Å². The highest BCUT2D eigenvalue weighted by molar-refractivity contribution is 6.25. The van der Waals surface area contributed by atoms with E-state index in [1.807, 2.05) is 6.92 Å². The van der Waals surface area contributed by atoms with Gasteiger partial charge < -0.3 is 10.2 Å². The molecule has 4 nitrogen and oxygen atoms in total. The second kappa shape index (κ2) is 5.95. The number of nitrogens with one attached hydrogen (secondary N) is 1. The van der Waals surface area contributed by atoms with Crippen LogP contribution in [0.2, 0.25) is 0 Å². The maximum absolute atomic E-state index is 12.8. The van der Waals surface area contributed by atoms with E-state index in [2.05, 4.69) is 5.32 Å². The molecule has 19 heavy (non-hydrogen) atoms. The van der Waals surface area contributed by atoms with Crippen LogP contribution in [0, 0.1) is 0 Å². The highest BCUT2D eigenvalue weighted by atomic mass is 35.5. The van der Waals surface area contributed by atoms with Crippen molar-refractivity contribution in [1.82, 2.24) is 10.2 Å². The van der Waals surface area contributed by atoms with E-state index in [0.717, 1.165) is 32.1 Å². The van der Waals surface area contributed by atoms with Gasteiger partial charge in [-0.05, 0) is 19.8 Å². The van der Waals surface area contributed by atoms with E-state index >= 15 is 0 Å². The lowest BCUT2D eigenvalue weighted by molar-refractivity contribution is -0.141. The van der Waals surface area contributed by atoms with Crippen LogP contribution in [0.25, 0.3) is 0 Å². The minimum atomic E-state index is -0.666. The Hall–Kier alpha value is -1.03. The van der Waals surface area contributed by atoms with E-state index in [1.165, 1.54) is 5.54 Å². The van der Waals surface area contributed by atoms with Gasteiger partial charge in [0.15, 0.2) is 0 Å². The number of carbonyl (C=O) groups is 2. The molecular weight excluding hydrogens is 264 g/mol. The Morgan fingerprint density at radius 1 is 1.37 bits per heavy atom. The summed E-state index contributed by atoms with van der Waals surface area (Å²) < 4.78 is 0. The smallest absolute Gasteiger partial charge is 0.248 e. The zero-order chi connectivity index (χ0) is 13.9. The predicted molar refractivity (Wildman–Crippen MR) is 74.7 cm³/mol. The first-order chi connectivity index (χ1) is 9.09. The number of rotatable bonds is 2. The summed E-state index contributed by atoms with van der Waals surface area (Å²) in [5, 5.41) is 2.99. The van der Waals surface area contributed by atoms with Crippen LogP contribution in [-0.4, -0.2) is 34.8 Å². The minimum Gasteiger partial charge on any atom is -0.342 e. The first-order valence-electron chi connectivity index (χ1n) is 6.96. The summed E-state index contributed by atoms with van der Waals surface area (Å²) in [7, 11) is 0. The predicted octanol–water partition coefficient (Wildman–Crippen LogP) is 2.18. The molecule has 5 heteroatoms. The molecule has 1 N–H and O–H groups in total. The monoisotopic (exact) mass is 284 g/mol. The average Bonchev–Trinajstić information content (AvgIpc) is 2.46. The number of nitrogens with zero attached hydrogens (tertiary/aromatic N) is 1. The van der Waals surface area contributed by atoms with Gasteiger partial charge in [-0.1, -0.05) is 36.9 Å². The van der Waals surface area contributed by atoms with Gasteiger partial charge in [0.1, 0.15) is 5.54 Å². The Morgan fingerprint density at radius 3 is 2.68 bits per heavy atom. The molecule has 0 bridgehead atoms. The molecule has 0 aromatic rings. The number of hydrogen-bond donors (Lipinski definition) is 1. The van der Waals surface area contributed by atoms with Crippen LogP contribution in [0.3, 0.4) is 0 Å².